The Morgan fingerprint density at radius 1 is 1.28 bits per heavy atom. The van der Waals surface area contributed by atoms with Gasteiger partial charge in [0.05, 0.1) is 11.8 Å². The molecule has 2 rings (SSSR count). The van der Waals surface area contributed by atoms with E-state index in [4.69, 9.17) is 0 Å². The van der Waals surface area contributed by atoms with Gasteiger partial charge in [-0.3, -0.25) is 14.5 Å². The fraction of sp³-hybridized carbons (Fsp3) is 0.857. The van der Waals surface area contributed by atoms with Crippen LogP contribution in [0, 0.1) is 23.2 Å². The van der Waals surface area contributed by atoms with Crippen molar-refractivity contribution in [1.82, 2.24) is 10.2 Å². The van der Waals surface area contributed by atoms with Gasteiger partial charge in [-0.05, 0) is 18.4 Å². The van der Waals surface area contributed by atoms with Gasteiger partial charge in [-0.25, -0.2) is 0 Å². The number of amides is 2. The molecule has 1 saturated carbocycles. The molecule has 1 saturated heterocycles. The van der Waals surface area contributed by atoms with Crippen molar-refractivity contribution >= 4 is 11.8 Å². The smallest absolute Gasteiger partial charge is 0.233 e. The molecule has 4 heteroatoms. The Kier molecular flexibility index (Phi) is 3.26. The molecule has 1 aliphatic heterocycles. The van der Waals surface area contributed by atoms with E-state index in [0.717, 1.165) is 6.42 Å². The third-order valence-electron chi connectivity index (χ3n) is 4.97. The highest BCUT2D eigenvalue weighted by molar-refractivity contribution is 6.10. The molecular weight excluding hydrogens is 228 g/mol. The Hall–Kier alpha value is -0.900. The molecule has 0 aromatic heterocycles. The van der Waals surface area contributed by atoms with Crippen LogP contribution in [0.3, 0.4) is 0 Å². The molecule has 2 fully saturated rings. The second-order valence-electron chi connectivity index (χ2n) is 6.34. The van der Waals surface area contributed by atoms with Crippen LogP contribution in [0.1, 0.15) is 34.1 Å². The van der Waals surface area contributed by atoms with Crippen LogP contribution in [0.2, 0.25) is 0 Å². The predicted octanol–water partition coefficient (Wildman–Crippen LogP) is 1.26. The van der Waals surface area contributed by atoms with Gasteiger partial charge in [0.1, 0.15) is 0 Å². The van der Waals surface area contributed by atoms with E-state index >= 15 is 0 Å². The molecule has 4 nitrogen and oxygen atoms in total. The first-order valence-corrected chi connectivity index (χ1v) is 6.88. The van der Waals surface area contributed by atoms with Crippen molar-refractivity contribution in [3.05, 3.63) is 0 Å². The lowest BCUT2D eigenvalue weighted by Crippen LogP contribution is -2.47. The molecule has 18 heavy (non-hydrogen) atoms. The minimum absolute atomic E-state index is 0.0403. The molecule has 1 heterocycles. The van der Waals surface area contributed by atoms with Crippen molar-refractivity contribution in [2.24, 2.45) is 23.2 Å². The first kappa shape index (κ1) is 13.5. The van der Waals surface area contributed by atoms with Crippen LogP contribution in [0.15, 0.2) is 0 Å². The van der Waals surface area contributed by atoms with Crippen molar-refractivity contribution in [3.63, 3.8) is 0 Å². The summed E-state index contributed by atoms with van der Waals surface area (Å²) in [6.45, 7) is 8.83. The van der Waals surface area contributed by atoms with Crippen molar-refractivity contribution in [2.75, 3.05) is 13.6 Å². The number of rotatable bonds is 5. The van der Waals surface area contributed by atoms with E-state index < -0.39 is 0 Å². The average molecular weight is 252 g/mol. The van der Waals surface area contributed by atoms with Crippen LogP contribution in [0.25, 0.3) is 0 Å². The number of piperidine rings is 1. The predicted molar refractivity (Wildman–Crippen MR) is 69.8 cm³/mol. The Morgan fingerprint density at radius 2 is 1.78 bits per heavy atom. The van der Waals surface area contributed by atoms with E-state index in [0.29, 0.717) is 12.5 Å². The zero-order chi connectivity index (χ0) is 13.7. The molecule has 2 amide bonds. The summed E-state index contributed by atoms with van der Waals surface area (Å²) in [5, 5.41) is 3.23. The highest BCUT2D eigenvalue weighted by Gasteiger charge is 2.72. The normalized spacial score (nSPS) is 32.4. The van der Waals surface area contributed by atoms with Gasteiger partial charge in [-0.2, -0.15) is 0 Å². The summed E-state index contributed by atoms with van der Waals surface area (Å²) in [5.74, 6) is 0.427. The monoisotopic (exact) mass is 252 g/mol. The number of likely N-dealkylation sites (N-methyl/N-ethyl adjacent to an activating group) is 1. The van der Waals surface area contributed by atoms with E-state index in [1.54, 1.807) is 0 Å². The zero-order valence-electron chi connectivity index (χ0n) is 12.0. The molecule has 0 aromatic rings. The number of hydrogen-bond donors (Lipinski definition) is 1. The van der Waals surface area contributed by atoms with Gasteiger partial charge in [0.25, 0.3) is 0 Å². The summed E-state index contributed by atoms with van der Waals surface area (Å²) < 4.78 is 0. The Labute approximate surface area is 109 Å². The topological polar surface area (TPSA) is 49.4 Å². The third-order valence-corrected chi connectivity index (χ3v) is 4.97. The van der Waals surface area contributed by atoms with Crippen LogP contribution in [-0.4, -0.2) is 36.3 Å². The number of carbonyl (C=O) groups excluding carboxylic acids is 2. The van der Waals surface area contributed by atoms with Gasteiger partial charge in [0, 0.05) is 12.6 Å². The maximum atomic E-state index is 12.2. The average Bonchev–Trinajstić information content (AvgIpc) is 2.80. The van der Waals surface area contributed by atoms with E-state index in [2.05, 4.69) is 19.2 Å². The van der Waals surface area contributed by atoms with Crippen LogP contribution in [0.4, 0.5) is 0 Å². The fourth-order valence-corrected chi connectivity index (χ4v) is 3.22. The lowest BCUT2D eigenvalue weighted by Gasteiger charge is -2.28. The summed E-state index contributed by atoms with van der Waals surface area (Å²) in [6, 6.07) is 0.198. The van der Waals surface area contributed by atoms with Crippen LogP contribution in [0.5, 0.6) is 0 Å². The Balaban J connectivity index is 2.04. The lowest BCUT2D eigenvalue weighted by molar-refractivity contribution is -0.143. The molecule has 1 N–H and O–H groups in total. The van der Waals surface area contributed by atoms with E-state index in [1.807, 2.05) is 20.9 Å². The maximum absolute atomic E-state index is 12.2. The SMILES string of the molecule is CCC(C)C(CN1C(=O)C2C(C1=O)C2(C)C)NC. The van der Waals surface area contributed by atoms with Crippen molar-refractivity contribution in [2.45, 2.75) is 40.2 Å². The number of imide groups is 1. The number of hydrogen-bond acceptors (Lipinski definition) is 3. The minimum atomic E-state index is -0.101. The molecule has 4 unspecified atom stereocenters. The van der Waals surface area contributed by atoms with E-state index in [-0.39, 0.29) is 35.1 Å². The summed E-state index contributed by atoms with van der Waals surface area (Å²) in [4.78, 5) is 25.9. The summed E-state index contributed by atoms with van der Waals surface area (Å²) in [7, 11) is 1.90. The largest absolute Gasteiger partial charge is 0.315 e. The van der Waals surface area contributed by atoms with E-state index in [9.17, 15) is 9.59 Å². The third kappa shape index (κ3) is 1.78. The second-order valence-corrected chi connectivity index (χ2v) is 6.34. The number of nitrogens with zero attached hydrogens (tertiary/aromatic N) is 1. The van der Waals surface area contributed by atoms with Crippen molar-refractivity contribution in [3.8, 4) is 0 Å². The Morgan fingerprint density at radius 3 is 2.17 bits per heavy atom. The highest BCUT2D eigenvalue weighted by atomic mass is 16.2. The highest BCUT2D eigenvalue weighted by Crippen LogP contribution is 2.63. The Bertz CT molecular complexity index is 354. The molecule has 0 aromatic carbocycles. The first-order chi connectivity index (χ1) is 8.36. The summed E-state index contributed by atoms with van der Waals surface area (Å²) >= 11 is 0. The second kappa shape index (κ2) is 4.34. The molecule has 0 radical (unpaired) electrons. The molecule has 2 aliphatic rings. The molecular formula is C14H24N2O2. The molecule has 102 valence electrons. The van der Waals surface area contributed by atoms with Gasteiger partial charge in [0.2, 0.25) is 11.8 Å². The number of fused-ring (bicyclic) bond motifs is 1. The molecule has 4 atom stereocenters. The van der Waals surface area contributed by atoms with Gasteiger partial charge < -0.3 is 5.32 Å². The number of likely N-dealkylation sites (tertiary alicyclic amines) is 1. The van der Waals surface area contributed by atoms with Gasteiger partial charge in [-0.15, -0.1) is 0 Å². The van der Waals surface area contributed by atoms with Gasteiger partial charge in [0.15, 0.2) is 0 Å². The number of carbonyl (C=O) groups is 2. The minimum Gasteiger partial charge on any atom is -0.315 e. The standard InChI is InChI=1S/C14H24N2O2/c1-6-8(2)9(15-5)7-16-12(17)10-11(13(16)18)14(10,3)4/h8-11,15H,6-7H2,1-5H3. The summed E-state index contributed by atoms with van der Waals surface area (Å²) in [6.07, 6.45) is 1.04. The van der Waals surface area contributed by atoms with Crippen LogP contribution < -0.4 is 5.32 Å². The lowest BCUT2D eigenvalue weighted by atomic mass is 9.98. The maximum Gasteiger partial charge on any atom is 0.233 e. The number of nitrogens with one attached hydrogen (secondary N) is 1. The van der Waals surface area contributed by atoms with Gasteiger partial charge in [-0.1, -0.05) is 34.1 Å². The van der Waals surface area contributed by atoms with Crippen molar-refractivity contribution in [1.29, 1.82) is 0 Å². The fourth-order valence-electron chi connectivity index (χ4n) is 3.22. The van der Waals surface area contributed by atoms with Gasteiger partial charge >= 0.3 is 0 Å². The van der Waals surface area contributed by atoms with Crippen LogP contribution >= 0.6 is 0 Å². The molecule has 0 bridgehead atoms. The van der Waals surface area contributed by atoms with E-state index in [1.165, 1.54) is 4.90 Å². The van der Waals surface area contributed by atoms with Crippen molar-refractivity contribution < 1.29 is 9.59 Å². The zero-order valence-corrected chi connectivity index (χ0v) is 12.0. The summed E-state index contributed by atoms with van der Waals surface area (Å²) in [5.41, 5.74) is -0.101. The quantitative estimate of drug-likeness (QED) is 0.749. The molecule has 1 aliphatic carbocycles. The van der Waals surface area contributed by atoms with Crippen LogP contribution in [-0.2, 0) is 9.59 Å². The molecule has 0 spiro atoms. The first-order valence-electron chi connectivity index (χ1n) is 6.88.